The average molecular weight is 475 g/mol. The maximum atomic E-state index is 12.6. The summed E-state index contributed by atoms with van der Waals surface area (Å²) < 4.78 is 30.8. The van der Waals surface area contributed by atoms with Gasteiger partial charge in [0.15, 0.2) is 0 Å². The Balaban J connectivity index is 1.79. The van der Waals surface area contributed by atoms with Gasteiger partial charge in [0, 0.05) is 19.2 Å². The Hall–Kier alpha value is -2.95. The van der Waals surface area contributed by atoms with Gasteiger partial charge in [0.1, 0.15) is 15.0 Å². The molecular weight excluding hydrogens is 456 g/mol. The monoisotopic (exact) mass is 474 g/mol. The van der Waals surface area contributed by atoms with Crippen molar-refractivity contribution in [1.29, 1.82) is 0 Å². The summed E-state index contributed by atoms with van der Waals surface area (Å²) in [6.07, 6.45) is 3.22. The maximum Gasteiger partial charge on any atom is 0.339 e. The van der Waals surface area contributed by atoms with Crippen LogP contribution in [-0.2, 0) is 19.7 Å². The Morgan fingerprint density at radius 2 is 1.97 bits per heavy atom. The largest absolute Gasteiger partial charge is 0.379 e. The topological polar surface area (TPSA) is 92.8 Å². The van der Waals surface area contributed by atoms with Crippen molar-refractivity contribution in [3.63, 3.8) is 0 Å². The fourth-order valence-corrected chi connectivity index (χ4v) is 4.87. The zero-order chi connectivity index (χ0) is 22.6. The SMILES string of the molecule is C=CCN1C(=O)C(=Cc2cccc(OS(=O)(=O)c3ccc(NC(C)=O)cc3)c2)SC1=S. The summed E-state index contributed by atoms with van der Waals surface area (Å²) in [7, 11) is -4.08. The lowest BCUT2D eigenvalue weighted by Gasteiger charge is -2.10. The van der Waals surface area contributed by atoms with Gasteiger partial charge >= 0.3 is 10.1 Å². The van der Waals surface area contributed by atoms with Crippen LogP contribution in [0.25, 0.3) is 6.08 Å². The summed E-state index contributed by atoms with van der Waals surface area (Å²) in [5.41, 5.74) is 1.06. The van der Waals surface area contributed by atoms with Gasteiger partial charge in [0.2, 0.25) is 5.91 Å². The Morgan fingerprint density at radius 3 is 2.61 bits per heavy atom. The Kier molecular flexibility index (Phi) is 6.94. The third-order valence-electron chi connectivity index (χ3n) is 4.01. The highest BCUT2D eigenvalue weighted by Gasteiger charge is 2.31. The first-order chi connectivity index (χ1) is 14.7. The minimum absolute atomic E-state index is 0.0581. The highest BCUT2D eigenvalue weighted by molar-refractivity contribution is 8.26. The molecule has 160 valence electrons. The summed E-state index contributed by atoms with van der Waals surface area (Å²) in [6, 6.07) is 12.0. The molecule has 2 amide bonds. The fourth-order valence-electron chi connectivity index (χ4n) is 2.68. The van der Waals surface area contributed by atoms with Gasteiger partial charge in [-0.15, -0.1) is 6.58 Å². The molecule has 0 radical (unpaired) electrons. The van der Waals surface area contributed by atoms with Gasteiger partial charge in [-0.05, 0) is 48.0 Å². The number of thiocarbonyl (C=S) groups is 1. The molecule has 2 aromatic rings. The van der Waals surface area contributed by atoms with Crippen LogP contribution in [0.1, 0.15) is 12.5 Å². The van der Waals surface area contributed by atoms with Crippen molar-refractivity contribution >= 4 is 62.0 Å². The van der Waals surface area contributed by atoms with E-state index in [2.05, 4.69) is 11.9 Å². The Labute approximate surface area is 189 Å². The third kappa shape index (κ3) is 5.60. The molecule has 31 heavy (non-hydrogen) atoms. The number of thioether (sulfide) groups is 1. The van der Waals surface area contributed by atoms with E-state index in [1.54, 1.807) is 24.3 Å². The van der Waals surface area contributed by atoms with Crippen molar-refractivity contribution < 1.29 is 22.2 Å². The number of carbonyl (C=O) groups is 2. The number of amides is 2. The van der Waals surface area contributed by atoms with Crippen molar-refractivity contribution in [2.75, 3.05) is 11.9 Å². The molecular formula is C21H18N2O5S3. The van der Waals surface area contributed by atoms with Gasteiger partial charge in [-0.3, -0.25) is 14.5 Å². The summed E-state index contributed by atoms with van der Waals surface area (Å²) in [5.74, 6) is -0.389. The molecule has 3 rings (SSSR count). The normalized spacial score (nSPS) is 15.3. The van der Waals surface area contributed by atoms with E-state index in [9.17, 15) is 18.0 Å². The number of carbonyl (C=O) groups excluding carboxylic acids is 2. The first-order valence-corrected chi connectivity index (χ1v) is 11.6. The summed E-state index contributed by atoms with van der Waals surface area (Å²) >= 11 is 6.38. The first kappa shape index (κ1) is 22.7. The number of nitrogens with one attached hydrogen (secondary N) is 1. The second-order valence-electron chi connectivity index (χ2n) is 6.40. The number of benzene rings is 2. The minimum atomic E-state index is -4.08. The van der Waals surface area contributed by atoms with E-state index < -0.39 is 10.1 Å². The van der Waals surface area contributed by atoms with Gasteiger partial charge in [0.25, 0.3) is 5.91 Å². The minimum Gasteiger partial charge on any atom is -0.379 e. The molecule has 10 heteroatoms. The van der Waals surface area contributed by atoms with Crippen molar-refractivity contribution in [2.24, 2.45) is 0 Å². The predicted molar refractivity (Wildman–Crippen MR) is 125 cm³/mol. The number of nitrogens with zero attached hydrogens (tertiary/aromatic N) is 1. The van der Waals surface area contributed by atoms with E-state index in [-0.39, 0.29) is 22.5 Å². The van der Waals surface area contributed by atoms with Crippen LogP contribution in [0.4, 0.5) is 5.69 Å². The molecule has 1 aliphatic heterocycles. The predicted octanol–water partition coefficient (Wildman–Crippen LogP) is 3.80. The third-order valence-corrected chi connectivity index (χ3v) is 6.65. The average Bonchev–Trinajstić information content (AvgIpc) is 2.95. The molecule has 1 fully saturated rings. The smallest absolute Gasteiger partial charge is 0.339 e. The van der Waals surface area contributed by atoms with Crippen LogP contribution in [0.15, 0.2) is 71.0 Å². The summed E-state index contributed by atoms with van der Waals surface area (Å²) in [6.45, 7) is 5.30. The van der Waals surface area contributed by atoms with Crippen LogP contribution in [-0.4, -0.2) is 36.0 Å². The molecule has 1 saturated heterocycles. The second kappa shape index (κ2) is 9.46. The van der Waals surface area contributed by atoms with E-state index in [1.165, 1.54) is 60.0 Å². The second-order valence-corrected chi connectivity index (χ2v) is 9.62. The highest BCUT2D eigenvalue weighted by atomic mass is 32.2. The number of hydrogen-bond acceptors (Lipinski definition) is 7. The number of anilines is 1. The van der Waals surface area contributed by atoms with Crippen LogP contribution in [0.3, 0.4) is 0 Å². The van der Waals surface area contributed by atoms with Crippen molar-refractivity contribution in [2.45, 2.75) is 11.8 Å². The molecule has 0 unspecified atom stereocenters. The molecule has 0 spiro atoms. The molecule has 1 aliphatic rings. The van der Waals surface area contributed by atoms with Crippen molar-refractivity contribution in [3.05, 3.63) is 71.7 Å². The van der Waals surface area contributed by atoms with Gasteiger partial charge in [0.05, 0.1) is 4.91 Å². The molecule has 0 saturated carbocycles. The van der Waals surface area contributed by atoms with E-state index in [0.29, 0.717) is 27.0 Å². The zero-order valence-corrected chi connectivity index (χ0v) is 18.9. The standard InChI is InChI=1S/C21H18N2O5S3/c1-3-11-23-20(25)19(30-21(23)29)13-15-5-4-6-17(12-15)28-31(26,27)18-9-7-16(8-10-18)22-14(2)24/h3-10,12-13H,1,11H2,2H3,(H,22,24). The van der Waals surface area contributed by atoms with Gasteiger partial charge in [-0.2, -0.15) is 8.42 Å². The van der Waals surface area contributed by atoms with Crippen LogP contribution < -0.4 is 9.50 Å². The van der Waals surface area contributed by atoms with E-state index >= 15 is 0 Å². The van der Waals surface area contributed by atoms with E-state index in [0.717, 1.165) is 0 Å². The van der Waals surface area contributed by atoms with Gasteiger partial charge < -0.3 is 9.50 Å². The molecule has 7 nitrogen and oxygen atoms in total. The molecule has 0 atom stereocenters. The van der Waals surface area contributed by atoms with Gasteiger partial charge in [-0.25, -0.2) is 0 Å². The van der Waals surface area contributed by atoms with Crippen LogP contribution in [0, 0.1) is 0 Å². The Morgan fingerprint density at radius 1 is 1.26 bits per heavy atom. The van der Waals surface area contributed by atoms with Crippen molar-refractivity contribution in [3.8, 4) is 5.75 Å². The number of rotatable bonds is 7. The summed E-state index contributed by atoms with van der Waals surface area (Å²) in [5, 5.41) is 2.56. The zero-order valence-electron chi connectivity index (χ0n) is 16.4. The summed E-state index contributed by atoms with van der Waals surface area (Å²) in [4.78, 5) is 25.3. The number of hydrogen-bond donors (Lipinski definition) is 1. The van der Waals surface area contributed by atoms with Gasteiger partial charge in [-0.1, -0.05) is 42.2 Å². The quantitative estimate of drug-likeness (QED) is 0.282. The molecule has 0 aliphatic carbocycles. The van der Waals surface area contributed by atoms with E-state index in [4.69, 9.17) is 16.4 Å². The maximum absolute atomic E-state index is 12.6. The van der Waals surface area contributed by atoms with Crippen LogP contribution >= 0.6 is 24.0 Å². The highest BCUT2D eigenvalue weighted by Crippen LogP contribution is 2.33. The lowest BCUT2D eigenvalue weighted by Crippen LogP contribution is -2.27. The molecule has 0 aromatic heterocycles. The molecule has 0 bridgehead atoms. The van der Waals surface area contributed by atoms with E-state index in [1.807, 2.05) is 0 Å². The molecule has 1 heterocycles. The fraction of sp³-hybridized carbons (Fsp3) is 0.0952. The molecule has 2 aromatic carbocycles. The lowest BCUT2D eigenvalue weighted by atomic mass is 10.2. The lowest BCUT2D eigenvalue weighted by molar-refractivity contribution is -0.121. The Bertz CT molecular complexity index is 1190. The van der Waals surface area contributed by atoms with Crippen LogP contribution in [0.2, 0.25) is 0 Å². The molecule has 1 N–H and O–H groups in total. The first-order valence-electron chi connectivity index (χ1n) is 8.98. The van der Waals surface area contributed by atoms with Crippen LogP contribution in [0.5, 0.6) is 5.75 Å². The van der Waals surface area contributed by atoms with Crippen molar-refractivity contribution in [1.82, 2.24) is 4.90 Å².